The number of hydrogen-bond donors (Lipinski definition) is 2. The van der Waals surface area contributed by atoms with E-state index < -0.39 is 0 Å². The lowest BCUT2D eigenvalue weighted by molar-refractivity contribution is -0.141. The second-order valence-corrected chi connectivity index (χ2v) is 9.40. The van der Waals surface area contributed by atoms with Gasteiger partial charge in [0.1, 0.15) is 0 Å². The summed E-state index contributed by atoms with van der Waals surface area (Å²) in [5.74, 6) is 1.12. The first kappa shape index (κ1) is 14.0. The molecule has 1 amide bonds. The van der Waals surface area contributed by atoms with Crippen molar-refractivity contribution >= 4 is 5.91 Å². The predicted molar refractivity (Wildman–Crippen MR) is 83.9 cm³/mol. The van der Waals surface area contributed by atoms with Crippen LogP contribution in [0.15, 0.2) is 0 Å². The molecule has 5 rings (SSSR count). The third-order valence-corrected chi connectivity index (χ3v) is 6.64. The third-order valence-electron chi connectivity index (χ3n) is 6.64. The Bertz CT molecular complexity index is 436. The fourth-order valence-corrected chi connectivity index (χ4v) is 7.01. The topological polar surface area (TPSA) is 41.1 Å². The van der Waals surface area contributed by atoms with Crippen LogP contribution in [0.3, 0.4) is 0 Å². The van der Waals surface area contributed by atoms with Gasteiger partial charge in [0.05, 0.1) is 6.04 Å². The maximum absolute atomic E-state index is 12.7. The molecule has 4 saturated carbocycles. The predicted octanol–water partition coefficient (Wildman–Crippen LogP) is 2.99. The van der Waals surface area contributed by atoms with E-state index >= 15 is 0 Å². The molecule has 1 aliphatic heterocycles. The molecule has 3 nitrogen and oxygen atoms in total. The molecule has 2 N–H and O–H groups in total. The molecule has 0 aromatic carbocycles. The van der Waals surface area contributed by atoms with Crippen LogP contribution in [0, 0.1) is 16.7 Å². The average molecular weight is 290 g/mol. The number of carbonyl (C=O) groups is 1. The Balaban J connectivity index is 1.52. The fraction of sp³-hybridized carbons (Fsp3) is 0.944. The van der Waals surface area contributed by atoms with Crippen LogP contribution in [-0.2, 0) is 4.79 Å². The monoisotopic (exact) mass is 290 g/mol. The molecule has 118 valence electrons. The fourth-order valence-electron chi connectivity index (χ4n) is 7.01. The summed E-state index contributed by atoms with van der Waals surface area (Å²) in [4.78, 5) is 12.7. The summed E-state index contributed by atoms with van der Waals surface area (Å²) >= 11 is 0. The van der Waals surface area contributed by atoms with E-state index in [4.69, 9.17) is 0 Å². The van der Waals surface area contributed by atoms with Crippen molar-refractivity contribution in [3.05, 3.63) is 0 Å². The van der Waals surface area contributed by atoms with Crippen LogP contribution >= 0.6 is 0 Å². The van der Waals surface area contributed by atoms with Gasteiger partial charge in [0.25, 0.3) is 0 Å². The average Bonchev–Trinajstić information content (AvgIpc) is 2.34. The van der Waals surface area contributed by atoms with E-state index in [1.54, 1.807) is 0 Å². The van der Waals surface area contributed by atoms with Gasteiger partial charge in [0, 0.05) is 5.54 Å². The Morgan fingerprint density at radius 3 is 2.33 bits per heavy atom. The van der Waals surface area contributed by atoms with Crippen LogP contribution in [0.1, 0.15) is 71.6 Å². The van der Waals surface area contributed by atoms with Crippen molar-refractivity contribution in [3.63, 3.8) is 0 Å². The second kappa shape index (κ2) is 4.47. The molecule has 1 saturated heterocycles. The largest absolute Gasteiger partial charge is 0.349 e. The van der Waals surface area contributed by atoms with Gasteiger partial charge in [-0.1, -0.05) is 20.3 Å². The van der Waals surface area contributed by atoms with Crippen LogP contribution in [-0.4, -0.2) is 24.0 Å². The third kappa shape index (κ3) is 2.42. The molecular formula is C18H30N2O. The summed E-state index contributed by atoms with van der Waals surface area (Å²) in [6, 6.07) is 0.0624. The standard InChI is InChI=1S/C18H30N2O/c1-16-7-13-8-17(2,10-16)12-18(9-13,11-16)20-15(21)14-5-3-4-6-19-14/h13-14,19H,3-12H2,1-2H3,(H,20,21). The van der Waals surface area contributed by atoms with Gasteiger partial charge in [-0.25, -0.2) is 0 Å². The van der Waals surface area contributed by atoms with E-state index in [1.807, 2.05) is 0 Å². The molecule has 0 aromatic heterocycles. The van der Waals surface area contributed by atoms with Crippen LogP contribution in [0.2, 0.25) is 0 Å². The molecular weight excluding hydrogens is 260 g/mol. The summed E-state index contributed by atoms with van der Waals surface area (Å²) in [6.45, 7) is 5.94. The first-order valence-electron chi connectivity index (χ1n) is 8.95. The minimum atomic E-state index is 0.0624. The zero-order chi connectivity index (χ0) is 14.7. The maximum atomic E-state index is 12.7. The molecule has 3 unspecified atom stereocenters. The molecule has 5 fully saturated rings. The Morgan fingerprint density at radius 2 is 1.76 bits per heavy atom. The molecule has 3 heteroatoms. The molecule has 0 radical (unpaired) electrons. The van der Waals surface area contributed by atoms with E-state index in [0.29, 0.717) is 10.8 Å². The van der Waals surface area contributed by atoms with Crippen LogP contribution < -0.4 is 10.6 Å². The van der Waals surface area contributed by atoms with Crippen LogP contribution in [0.25, 0.3) is 0 Å². The SMILES string of the molecule is CC12CC3CC(C)(C1)CC(NC(=O)C1CCCCN1)(C3)C2. The quantitative estimate of drug-likeness (QED) is 0.821. The number of amides is 1. The number of nitrogens with one attached hydrogen (secondary N) is 2. The van der Waals surface area contributed by atoms with Crippen molar-refractivity contribution in [1.82, 2.24) is 10.6 Å². The smallest absolute Gasteiger partial charge is 0.237 e. The number of hydrogen-bond acceptors (Lipinski definition) is 2. The number of piperidine rings is 1. The van der Waals surface area contributed by atoms with Crippen molar-refractivity contribution in [2.24, 2.45) is 16.7 Å². The summed E-state index contributed by atoms with van der Waals surface area (Å²) in [7, 11) is 0. The van der Waals surface area contributed by atoms with Crippen LogP contribution in [0.5, 0.6) is 0 Å². The molecule has 3 atom stereocenters. The summed E-state index contributed by atoms with van der Waals surface area (Å²) < 4.78 is 0. The highest BCUT2D eigenvalue weighted by Gasteiger charge is 2.60. The Hall–Kier alpha value is -0.570. The van der Waals surface area contributed by atoms with Crippen molar-refractivity contribution in [2.75, 3.05) is 6.54 Å². The molecule has 0 aromatic rings. The van der Waals surface area contributed by atoms with E-state index in [-0.39, 0.29) is 17.5 Å². The van der Waals surface area contributed by atoms with Gasteiger partial charge in [-0.15, -0.1) is 0 Å². The highest BCUT2D eigenvalue weighted by atomic mass is 16.2. The van der Waals surface area contributed by atoms with E-state index in [2.05, 4.69) is 24.5 Å². The minimum absolute atomic E-state index is 0.0624. The summed E-state index contributed by atoms with van der Waals surface area (Å²) in [5, 5.41) is 6.95. The molecule has 21 heavy (non-hydrogen) atoms. The van der Waals surface area contributed by atoms with E-state index in [1.165, 1.54) is 51.4 Å². The zero-order valence-corrected chi connectivity index (χ0v) is 13.6. The first-order chi connectivity index (χ1) is 9.90. The van der Waals surface area contributed by atoms with Gasteiger partial charge in [0.2, 0.25) is 5.91 Å². The van der Waals surface area contributed by atoms with Crippen molar-refractivity contribution < 1.29 is 4.79 Å². The van der Waals surface area contributed by atoms with Crippen molar-refractivity contribution in [2.45, 2.75) is 83.2 Å². The molecule has 4 aliphatic carbocycles. The van der Waals surface area contributed by atoms with Crippen LogP contribution in [0.4, 0.5) is 0 Å². The molecule has 5 aliphatic rings. The lowest BCUT2D eigenvalue weighted by Crippen LogP contribution is -2.66. The normalized spacial score (nSPS) is 51.9. The van der Waals surface area contributed by atoms with Crippen molar-refractivity contribution in [1.29, 1.82) is 0 Å². The molecule has 1 heterocycles. The summed E-state index contributed by atoms with van der Waals surface area (Å²) in [5.41, 5.74) is 1.06. The lowest BCUT2D eigenvalue weighted by Gasteiger charge is -2.65. The van der Waals surface area contributed by atoms with Gasteiger partial charge in [0.15, 0.2) is 0 Å². The first-order valence-corrected chi connectivity index (χ1v) is 8.95. The zero-order valence-electron chi connectivity index (χ0n) is 13.6. The Morgan fingerprint density at radius 1 is 1.05 bits per heavy atom. The highest BCUT2D eigenvalue weighted by Crippen LogP contribution is 2.66. The van der Waals surface area contributed by atoms with E-state index in [0.717, 1.165) is 18.9 Å². The van der Waals surface area contributed by atoms with Gasteiger partial charge in [-0.3, -0.25) is 4.79 Å². The maximum Gasteiger partial charge on any atom is 0.237 e. The summed E-state index contributed by atoms with van der Waals surface area (Å²) in [6.07, 6.45) is 11.2. The molecule has 4 bridgehead atoms. The van der Waals surface area contributed by atoms with E-state index in [9.17, 15) is 4.79 Å². The van der Waals surface area contributed by atoms with Gasteiger partial charge < -0.3 is 10.6 Å². The van der Waals surface area contributed by atoms with Gasteiger partial charge in [-0.2, -0.15) is 0 Å². The van der Waals surface area contributed by atoms with Crippen molar-refractivity contribution in [3.8, 4) is 0 Å². The van der Waals surface area contributed by atoms with Gasteiger partial charge in [-0.05, 0) is 74.7 Å². The van der Waals surface area contributed by atoms with Gasteiger partial charge >= 0.3 is 0 Å². The number of carbonyl (C=O) groups excluding carboxylic acids is 1. The minimum Gasteiger partial charge on any atom is -0.349 e. The Kier molecular flexibility index (Phi) is 2.99. The highest BCUT2D eigenvalue weighted by molar-refractivity contribution is 5.82. The lowest BCUT2D eigenvalue weighted by atomic mass is 9.43. The Labute approximate surface area is 128 Å². The number of rotatable bonds is 2. The second-order valence-electron chi connectivity index (χ2n) is 9.40. The molecule has 0 spiro atoms.